The van der Waals surface area contributed by atoms with Crippen LogP contribution in [0.1, 0.15) is 19.0 Å². The quantitative estimate of drug-likeness (QED) is 0.607. The van der Waals surface area contributed by atoms with Gasteiger partial charge >= 0.3 is 0 Å². The maximum atomic E-state index is 4.66. The van der Waals surface area contributed by atoms with Crippen molar-refractivity contribution >= 4 is 60.3 Å². The molecule has 2 aromatic heterocycles. The molecule has 0 amide bonds. The molecule has 7 heteroatoms. The minimum Gasteiger partial charge on any atom is -0.372 e. The molecule has 0 aliphatic carbocycles. The summed E-state index contributed by atoms with van der Waals surface area (Å²) >= 11 is 9.21. The molecule has 0 spiro atoms. The summed E-state index contributed by atoms with van der Waals surface area (Å²) in [6.07, 6.45) is 3.72. The first-order valence-electron chi connectivity index (χ1n) is 6.12. The lowest BCUT2D eigenvalue weighted by Crippen LogP contribution is -2.06. The first-order chi connectivity index (χ1) is 9.56. The summed E-state index contributed by atoms with van der Waals surface area (Å²) in [4.78, 5) is 13.6. The fraction of sp³-hybridized carbons (Fsp3) is 0.308. The third kappa shape index (κ3) is 3.48. The molecule has 0 unspecified atom stereocenters. The van der Waals surface area contributed by atoms with E-state index in [4.69, 9.17) is 0 Å². The van der Waals surface area contributed by atoms with Gasteiger partial charge in [-0.1, -0.05) is 13.3 Å². The molecule has 2 aromatic rings. The molecule has 0 bridgehead atoms. The molecule has 2 rings (SSSR count). The highest BCUT2D eigenvalue weighted by Gasteiger charge is 2.15. The van der Waals surface area contributed by atoms with Gasteiger partial charge in [0.05, 0.1) is 9.26 Å². The first kappa shape index (κ1) is 16.1. The van der Waals surface area contributed by atoms with Gasteiger partial charge in [0.25, 0.3) is 0 Å². The monoisotopic (exact) mass is 510 g/mol. The Morgan fingerprint density at radius 3 is 2.65 bits per heavy atom. The number of aromatic nitrogens is 3. The number of anilines is 1. The second kappa shape index (κ2) is 7.13. The van der Waals surface area contributed by atoms with Crippen molar-refractivity contribution in [2.45, 2.75) is 19.8 Å². The lowest BCUT2D eigenvalue weighted by atomic mass is 10.2. The normalized spacial score (nSPS) is 10.7. The minimum atomic E-state index is 0.637. The summed E-state index contributed by atoms with van der Waals surface area (Å²) < 4.78 is 2.86. The molecule has 0 aliphatic heterocycles. The summed E-state index contributed by atoms with van der Waals surface area (Å²) in [5, 5.41) is 3.12. The predicted molar refractivity (Wildman–Crippen MR) is 96.9 cm³/mol. The number of nitrogens with one attached hydrogen (secondary N) is 1. The molecular formula is C13H13Br2IN4. The van der Waals surface area contributed by atoms with E-state index in [0.29, 0.717) is 5.82 Å². The number of rotatable bonds is 4. The standard InChI is InChI=1S/C13H13Br2IN4/c1-3-4-9-10(16)12(17-2)20-13(19-9)11-8(15)5-7(14)6-18-11/h5-6H,3-4H2,1-2H3,(H,17,19,20). The van der Waals surface area contributed by atoms with Crippen LogP contribution in [0.3, 0.4) is 0 Å². The Kier molecular flexibility index (Phi) is 5.74. The van der Waals surface area contributed by atoms with E-state index in [0.717, 1.165) is 42.6 Å². The zero-order chi connectivity index (χ0) is 14.7. The summed E-state index contributed by atoms with van der Waals surface area (Å²) in [6, 6.07) is 1.95. The molecule has 0 aliphatic rings. The average Bonchev–Trinajstić information content (AvgIpc) is 2.41. The van der Waals surface area contributed by atoms with Crippen LogP contribution in [0.5, 0.6) is 0 Å². The first-order valence-corrected chi connectivity index (χ1v) is 8.78. The second-order valence-electron chi connectivity index (χ2n) is 4.14. The van der Waals surface area contributed by atoms with E-state index in [1.165, 1.54) is 0 Å². The zero-order valence-corrected chi connectivity index (χ0v) is 16.4. The van der Waals surface area contributed by atoms with Crippen LogP contribution in [0.4, 0.5) is 5.82 Å². The van der Waals surface area contributed by atoms with Crippen LogP contribution in [0.15, 0.2) is 21.2 Å². The zero-order valence-electron chi connectivity index (χ0n) is 11.0. The van der Waals surface area contributed by atoms with Crippen molar-refractivity contribution in [1.82, 2.24) is 15.0 Å². The summed E-state index contributed by atoms with van der Waals surface area (Å²) in [7, 11) is 1.87. The molecule has 0 radical (unpaired) electrons. The van der Waals surface area contributed by atoms with Crippen LogP contribution < -0.4 is 5.32 Å². The third-order valence-corrected chi connectivity index (χ3v) is 4.83. The van der Waals surface area contributed by atoms with Crippen LogP contribution in [0, 0.1) is 3.57 Å². The second-order valence-corrected chi connectivity index (χ2v) is 6.99. The van der Waals surface area contributed by atoms with Gasteiger partial charge < -0.3 is 5.32 Å². The number of aryl methyl sites for hydroxylation is 1. The Morgan fingerprint density at radius 1 is 1.30 bits per heavy atom. The molecule has 0 saturated carbocycles. The minimum absolute atomic E-state index is 0.637. The van der Waals surface area contributed by atoms with Gasteiger partial charge in [0.15, 0.2) is 5.82 Å². The Balaban J connectivity index is 2.58. The van der Waals surface area contributed by atoms with E-state index in [1.807, 2.05) is 13.1 Å². The van der Waals surface area contributed by atoms with Gasteiger partial charge in [0, 0.05) is 22.2 Å². The number of hydrogen-bond donors (Lipinski definition) is 1. The summed E-state index contributed by atoms with van der Waals surface area (Å²) in [6.45, 7) is 2.14. The van der Waals surface area contributed by atoms with Gasteiger partial charge in [-0.15, -0.1) is 0 Å². The van der Waals surface area contributed by atoms with Crippen LogP contribution in [0.25, 0.3) is 11.5 Å². The highest BCUT2D eigenvalue weighted by atomic mass is 127. The van der Waals surface area contributed by atoms with Crippen molar-refractivity contribution in [2.24, 2.45) is 0 Å². The van der Waals surface area contributed by atoms with E-state index < -0.39 is 0 Å². The Hall–Kier alpha value is -0.280. The molecule has 0 atom stereocenters. The predicted octanol–water partition coefficient (Wildman–Crippen LogP) is 4.66. The molecule has 0 fully saturated rings. The Labute approximate surface area is 148 Å². The SMILES string of the molecule is CCCc1nc(-c2ncc(Br)cc2Br)nc(NC)c1I. The van der Waals surface area contributed by atoms with Crippen molar-refractivity contribution in [3.05, 3.63) is 30.5 Å². The highest BCUT2D eigenvalue weighted by Crippen LogP contribution is 2.29. The number of nitrogens with zero attached hydrogens (tertiary/aromatic N) is 3. The Morgan fingerprint density at radius 2 is 2.05 bits per heavy atom. The molecule has 20 heavy (non-hydrogen) atoms. The fourth-order valence-electron chi connectivity index (χ4n) is 1.75. The number of halogens is 3. The van der Waals surface area contributed by atoms with Gasteiger partial charge in [-0.3, -0.25) is 4.98 Å². The Bertz CT molecular complexity index is 634. The fourth-order valence-corrected chi connectivity index (χ4v) is 3.69. The maximum absolute atomic E-state index is 4.66. The summed E-state index contributed by atoms with van der Waals surface area (Å²) in [5.74, 6) is 1.48. The molecule has 0 saturated heterocycles. The van der Waals surface area contributed by atoms with Gasteiger partial charge in [0.2, 0.25) is 0 Å². The summed E-state index contributed by atoms with van der Waals surface area (Å²) in [5.41, 5.74) is 1.80. The van der Waals surface area contributed by atoms with Crippen molar-refractivity contribution in [1.29, 1.82) is 0 Å². The van der Waals surface area contributed by atoms with E-state index in [1.54, 1.807) is 6.20 Å². The van der Waals surface area contributed by atoms with Crippen LogP contribution in [0.2, 0.25) is 0 Å². The molecule has 1 N–H and O–H groups in total. The lowest BCUT2D eigenvalue weighted by molar-refractivity contribution is 0.866. The van der Waals surface area contributed by atoms with Gasteiger partial charge in [0.1, 0.15) is 11.5 Å². The van der Waals surface area contributed by atoms with Crippen LogP contribution in [-0.4, -0.2) is 22.0 Å². The van der Waals surface area contributed by atoms with E-state index >= 15 is 0 Å². The molecular weight excluding hydrogens is 499 g/mol. The maximum Gasteiger partial charge on any atom is 0.181 e. The molecule has 106 valence electrons. The molecule has 2 heterocycles. The van der Waals surface area contributed by atoms with Crippen molar-refractivity contribution in [3.63, 3.8) is 0 Å². The van der Waals surface area contributed by atoms with E-state index in [-0.39, 0.29) is 0 Å². The van der Waals surface area contributed by atoms with Gasteiger partial charge in [-0.05, 0) is 66.9 Å². The van der Waals surface area contributed by atoms with Crippen molar-refractivity contribution < 1.29 is 0 Å². The van der Waals surface area contributed by atoms with E-state index in [9.17, 15) is 0 Å². The average molecular weight is 512 g/mol. The topological polar surface area (TPSA) is 50.7 Å². The highest BCUT2D eigenvalue weighted by molar-refractivity contribution is 14.1. The lowest BCUT2D eigenvalue weighted by Gasteiger charge is -2.11. The van der Waals surface area contributed by atoms with E-state index in [2.05, 4.69) is 81.6 Å². The molecule has 0 aromatic carbocycles. The smallest absolute Gasteiger partial charge is 0.181 e. The third-order valence-electron chi connectivity index (χ3n) is 2.66. The number of hydrogen-bond acceptors (Lipinski definition) is 4. The molecule has 4 nitrogen and oxygen atoms in total. The van der Waals surface area contributed by atoms with Crippen LogP contribution >= 0.6 is 54.5 Å². The van der Waals surface area contributed by atoms with Crippen molar-refractivity contribution in [2.75, 3.05) is 12.4 Å². The van der Waals surface area contributed by atoms with Crippen molar-refractivity contribution in [3.8, 4) is 11.5 Å². The van der Waals surface area contributed by atoms with Crippen LogP contribution in [-0.2, 0) is 6.42 Å². The van der Waals surface area contributed by atoms with Gasteiger partial charge in [-0.25, -0.2) is 9.97 Å². The largest absolute Gasteiger partial charge is 0.372 e. The van der Waals surface area contributed by atoms with Gasteiger partial charge in [-0.2, -0.15) is 0 Å². The number of pyridine rings is 1.